The number of nitrogens with zero attached hydrogens (tertiary/aromatic N) is 2. The largest absolute Gasteiger partial charge is 0.353 e. The van der Waals surface area contributed by atoms with Gasteiger partial charge in [-0.15, -0.1) is 24.0 Å². The van der Waals surface area contributed by atoms with Crippen LogP contribution in [-0.2, 0) is 17.9 Å². The van der Waals surface area contributed by atoms with Crippen molar-refractivity contribution in [2.75, 3.05) is 26.7 Å². The summed E-state index contributed by atoms with van der Waals surface area (Å²) in [4.78, 5) is 29.8. The SMILES string of the molecule is CN=C(NCc1ccc(C(=O)N2CCNC(=O)C2)cc1)NCc1cccc(C)c1.I. The van der Waals surface area contributed by atoms with Gasteiger partial charge in [0.15, 0.2) is 5.96 Å². The molecular formula is C22H28IN5O2. The lowest BCUT2D eigenvalue weighted by molar-refractivity contribution is -0.123. The van der Waals surface area contributed by atoms with E-state index in [1.54, 1.807) is 24.1 Å². The molecule has 1 fully saturated rings. The van der Waals surface area contributed by atoms with E-state index < -0.39 is 0 Å². The molecule has 1 aliphatic heterocycles. The first kappa shape index (κ1) is 23.7. The fourth-order valence-electron chi connectivity index (χ4n) is 3.17. The number of aryl methyl sites for hydroxylation is 1. The van der Waals surface area contributed by atoms with Gasteiger partial charge in [0.1, 0.15) is 0 Å². The number of carbonyl (C=O) groups is 2. The highest BCUT2D eigenvalue weighted by Gasteiger charge is 2.22. The summed E-state index contributed by atoms with van der Waals surface area (Å²) in [6, 6.07) is 15.8. The van der Waals surface area contributed by atoms with Crippen LogP contribution in [0.5, 0.6) is 0 Å². The molecule has 0 aliphatic carbocycles. The van der Waals surface area contributed by atoms with Crippen molar-refractivity contribution < 1.29 is 9.59 Å². The average Bonchev–Trinajstić information content (AvgIpc) is 2.74. The smallest absolute Gasteiger partial charge is 0.254 e. The highest BCUT2D eigenvalue weighted by Crippen LogP contribution is 2.09. The third kappa shape index (κ3) is 6.72. The van der Waals surface area contributed by atoms with E-state index in [-0.39, 0.29) is 42.3 Å². The first-order valence-corrected chi connectivity index (χ1v) is 9.70. The van der Waals surface area contributed by atoms with E-state index in [9.17, 15) is 9.59 Å². The van der Waals surface area contributed by atoms with Gasteiger partial charge < -0.3 is 20.9 Å². The molecule has 0 spiro atoms. The second-order valence-electron chi connectivity index (χ2n) is 7.04. The van der Waals surface area contributed by atoms with Crippen LogP contribution < -0.4 is 16.0 Å². The molecular weight excluding hydrogens is 493 g/mol. The number of guanidine groups is 1. The van der Waals surface area contributed by atoms with Crippen LogP contribution in [0, 0.1) is 6.92 Å². The maximum atomic E-state index is 12.5. The Hall–Kier alpha value is -2.62. The first-order valence-electron chi connectivity index (χ1n) is 9.70. The zero-order valence-electron chi connectivity index (χ0n) is 17.3. The number of halogens is 1. The molecule has 3 rings (SSSR count). The van der Waals surface area contributed by atoms with Crippen molar-refractivity contribution in [1.29, 1.82) is 0 Å². The molecule has 7 nitrogen and oxygen atoms in total. The molecule has 1 aliphatic rings. The molecule has 3 N–H and O–H groups in total. The number of rotatable bonds is 5. The summed E-state index contributed by atoms with van der Waals surface area (Å²) in [5.41, 5.74) is 4.05. The van der Waals surface area contributed by atoms with Crippen molar-refractivity contribution >= 4 is 41.8 Å². The van der Waals surface area contributed by atoms with Crippen LogP contribution in [-0.4, -0.2) is 49.4 Å². The summed E-state index contributed by atoms with van der Waals surface area (Å²) in [6.45, 7) is 4.51. The molecule has 30 heavy (non-hydrogen) atoms. The van der Waals surface area contributed by atoms with Crippen molar-refractivity contribution in [3.8, 4) is 0 Å². The van der Waals surface area contributed by atoms with Gasteiger partial charge in [-0.3, -0.25) is 14.6 Å². The second-order valence-corrected chi connectivity index (χ2v) is 7.04. The highest BCUT2D eigenvalue weighted by molar-refractivity contribution is 14.0. The molecule has 0 aromatic heterocycles. The molecule has 0 atom stereocenters. The fraction of sp³-hybridized carbons (Fsp3) is 0.318. The summed E-state index contributed by atoms with van der Waals surface area (Å²) in [7, 11) is 1.74. The lowest BCUT2D eigenvalue weighted by atomic mass is 10.1. The summed E-state index contributed by atoms with van der Waals surface area (Å²) < 4.78 is 0. The zero-order chi connectivity index (χ0) is 20.6. The van der Waals surface area contributed by atoms with E-state index in [2.05, 4.69) is 46.1 Å². The quantitative estimate of drug-likeness (QED) is 0.320. The third-order valence-electron chi connectivity index (χ3n) is 4.75. The van der Waals surface area contributed by atoms with Crippen LogP contribution >= 0.6 is 24.0 Å². The third-order valence-corrected chi connectivity index (χ3v) is 4.75. The minimum absolute atomic E-state index is 0. The maximum absolute atomic E-state index is 12.5. The van der Waals surface area contributed by atoms with Gasteiger partial charge in [0.05, 0.1) is 6.54 Å². The van der Waals surface area contributed by atoms with Crippen molar-refractivity contribution in [3.63, 3.8) is 0 Å². The summed E-state index contributed by atoms with van der Waals surface area (Å²) in [5.74, 6) is 0.482. The molecule has 1 saturated heterocycles. The van der Waals surface area contributed by atoms with Crippen LogP contribution in [0.1, 0.15) is 27.0 Å². The van der Waals surface area contributed by atoms with E-state index in [1.807, 2.05) is 18.2 Å². The average molecular weight is 521 g/mol. The van der Waals surface area contributed by atoms with Gasteiger partial charge >= 0.3 is 0 Å². The van der Waals surface area contributed by atoms with E-state index in [1.165, 1.54) is 11.1 Å². The second kappa shape index (κ2) is 11.5. The van der Waals surface area contributed by atoms with Gasteiger partial charge in [0, 0.05) is 38.8 Å². The number of aliphatic imine (C=N–C) groups is 1. The van der Waals surface area contributed by atoms with E-state index in [4.69, 9.17) is 0 Å². The number of carbonyl (C=O) groups excluding carboxylic acids is 2. The van der Waals surface area contributed by atoms with E-state index >= 15 is 0 Å². The Morgan fingerprint density at radius 2 is 1.80 bits per heavy atom. The monoisotopic (exact) mass is 521 g/mol. The molecule has 2 aromatic rings. The lowest BCUT2D eigenvalue weighted by Gasteiger charge is -2.26. The van der Waals surface area contributed by atoms with E-state index in [0.717, 1.165) is 5.56 Å². The zero-order valence-corrected chi connectivity index (χ0v) is 19.6. The molecule has 2 aromatic carbocycles. The number of hydrogen-bond donors (Lipinski definition) is 3. The van der Waals surface area contributed by atoms with Crippen LogP contribution in [0.3, 0.4) is 0 Å². The van der Waals surface area contributed by atoms with Crippen molar-refractivity contribution in [2.45, 2.75) is 20.0 Å². The molecule has 160 valence electrons. The molecule has 0 unspecified atom stereocenters. The number of amides is 2. The number of hydrogen-bond acceptors (Lipinski definition) is 3. The number of piperazine rings is 1. The van der Waals surface area contributed by atoms with Crippen LogP contribution in [0.15, 0.2) is 53.5 Å². The predicted octanol–water partition coefficient (Wildman–Crippen LogP) is 2.05. The lowest BCUT2D eigenvalue weighted by Crippen LogP contribution is -2.49. The first-order chi connectivity index (χ1) is 14.0. The van der Waals surface area contributed by atoms with Crippen LogP contribution in [0.25, 0.3) is 0 Å². The number of benzene rings is 2. The van der Waals surface area contributed by atoms with Gasteiger partial charge in [-0.1, -0.05) is 42.0 Å². The summed E-state index contributed by atoms with van der Waals surface area (Å²) in [6.07, 6.45) is 0. The van der Waals surface area contributed by atoms with Gasteiger partial charge in [-0.25, -0.2) is 0 Å². The molecule has 0 radical (unpaired) electrons. The standard InChI is InChI=1S/C22H27N5O2.HI/c1-16-4-3-5-18(12-16)14-26-22(23-2)25-13-17-6-8-19(9-7-17)21(29)27-11-10-24-20(28)15-27;/h3-9,12H,10-11,13-15H2,1-2H3,(H,24,28)(H2,23,25,26);1H. The molecule has 1 heterocycles. The van der Waals surface area contributed by atoms with Crippen LogP contribution in [0.2, 0.25) is 0 Å². The van der Waals surface area contributed by atoms with Gasteiger partial charge in [-0.2, -0.15) is 0 Å². The Labute approximate surface area is 194 Å². The summed E-state index contributed by atoms with van der Waals surface area (Å²) in [5, 5.41) is 9.30. The van der Waals surface area contributed by atoms with Gasteiger partial charge in [0.2, 0.25) is 5.91 Å². The van der Waals surface area contributed by atoms with Crippen molar-refractivity contribution in [1.82, 2.24) is 20.9 Å². The molecule has 0 bridgehead atoms. The molecule has 2 amide bonds. The Morgan fingerprint density at radius 3 is 2.43 bits per heavy atom. The Morgan fingerprint density at radius 1 is 1.10 bits per heavy atom. The predicted molar refractivity (Wildman–Crippen MR) is 129 cm³/mol. The number of nitrogens with one attached hydrogen (secondary N) is 3. The van der Waals surface area contributed by atoms with Gasteiger partial charge in [-0.05, 0) is 30.2 Å². The Bertz CT molecular complexity index is 899. The van der Waals surface area contributed by atoms with Gasteiger partial charge in [0.25, 0.3) is 5.91 Å². The minimum Gasteiger partial charge on any atom is -0.353 e. The van der Waals surface area contributed by atoms with E-state index in [0.29, 0.717) is 37.7 Å². The Balaban J connectivity index is 0.00000320. The summed E-state index contributed by atoms with van der Waals surface area (Å²) >= 11 is 0. The Kier molecular flexibility index (Phi) is 9.10. The highest BCUT2D eigenvalue weighted by atomic mass is 127. The van der Waals surface area contributed by atoms with Crippen molar-refractivity contribution in [3.05, 3.63) is 70.8 Å². The minimum atomic E-state index is -0.116. The molecule has 8 heteroatoms. The fourth-order valence-corrected chi connectivity index (χ4v) is 3.17. The maximum Gasteiger partial charge on any atom is 0.254 e. The van der Waals surface area contributed by atoms with Crippen molar-refractivity contribution in [2.24, 2.45) is 4.99 Å². The normalized spacial score (nSPS) is 13.9. The van der Waals surface area contributed by atoms with Crippen LogP contribution in [0.4, 0.5) is 0 Å². The topological polar surface area (TPSA) is 85.8 Å². The molecule has 0 saturated carbocycles.